The molecule has 1 aromatic carbocycles. The number of hydrogen-bond donors (Lipinski definition) is 0. The van der Waals surface area contributed by atoms with Crippen LogP contribution >= 0.6 is 27.3 Å². The zero-order chi connectivity index (χ0) is 25.4. The zero-order valence-electron chi connectivity index (χ0n) is 19.1. The van der Waals surface area contributed by atoms with Crippen LogP contribution in [0, 0.1) is 10.1 Å². The number of aromatic nitrogens is 1. The maximum atomic E-state index is 13.6. The van der Waals surface area contributed by atoms with Gasteiger partial charge in [0.2, 0.25) is 0 Å². The van der Waals surface area contributed by atoms with Crippen molar-refractivity contribution in [2.45, 2.75) is 32.9 Å². The highest BCUT2D eigenvalue weighted by Gasteiger charge is 2.35. The summed E-state index contributed by atoms with van der Waals surface area (Å²) in [6.07, 6.45) is 1.03. The largest absolute Gasteiger partial charge is 0.496 e. The van der Waals surface area contributed by atoms with Crippen LogP contribution in [0.15, 0.2) is 60.3 Å². The van der Waals surface area contributed by atoms with Crippen LogP contribution in [0.5, 0.6) is 5.75 Å². The molecular formula is C23H20BrN3O7S. The van der Waals surface area contributed by atoms with E-state index < -0.39 is 28.4 Å². The summed E-state index contributed by atoms with van der Waals surface area (Å²) in [5.74, 6) is -0.410. The SMILES string of the molecule is COc1ccc(Br)cc1[C@H]1C(C(=O)OC(C)C)=C(C)N=c2s/c(=C\c3ccc([N+](=O)[O-])o3)c(=O)n21. The van der Waals surface area contributed by atoms with Gasteiger partial charge in [-0.05, 0) is 45.0 Å². The predicted molar refractivity (Wildman–Crippen MR) is 131 cm³/mol. The highest BCUT2D eigenvalue weighted by molar-refractivity contribution is 9.10. The normalized spacial score (nSPS) is 15.7. The molecule has 0 aliphatic carbocycles. The van der Waals surface area contributed by atoms with Gasteiger partial charge in [-0.3, -0.25) is 19.5 Å². The summed E-state index contributed by atoms with van der Waals surface area (Å²) < 4.78 is 18.6. The van der Waals surface area contributed by atoms with E-state index in [1.54, 1.807) is 39.0 Å². The van der Waals surface area contributed by atoms with E-state index in [0.717, 1.165) is 15.8 Å². The molecule has 1 aliphatic heterocycles. The second-order valence-electron chi connectivity index (χ2n) is 7.86. The number of ether oxygens (including phenoxy) is 2. The summed E-state index contributed by atoms with van der Waals surface area (Å²) in [6.45, 7) is 5.15. The summed E-state index contributed by atoms with van der Waals surface area (Å²) in [5, 5.41) is 10.9. The number of hydrogen-bond acceptors (Lipinski definition) is 9. The number of benzene rings is 1. The van der Waals surface area contributed by atoms with E-state index in [1.807, 2.05) is 0 Å². The first kappa shape index (κ1) is 24.6. The first-order valence-corrected chi connectivity index (χ1v) is 12.0. The van der Waals surface area contributed by atoms with Gasteiger partial charge in [0.15, 0.2) is 4.80 Å². The first-order chi connectivity index (χ1) is 16.6. The van der Waals surface area contributed by atoms with Crippen LogP contribution in [-0.2, 0) is 9.53 Å². The van der Waals surface area contributed by atoms with E-state index in [1.165, 1.54) is 29.9 Å². The molecule has 0 radical (unpaired) electrons. The van der Waals surface area contributed by atoms with Crippen molar-refractivity contribution in [1.82, 2.24) is 4.57 Å². The summed E-state index contributed by atoms with van der Waals surface area (Å²) >= 11 is 4.54. The number of esters is 1. The molecule has 0 amide bonds. The second kappa shape index (κ2) is 9.62. The van der Waals surface area contributed by atoms with E-state index in [9.17, 15) is 19.7 Å². The van der Waals surface area contributed by atoms with Gasteiger partial charge in [-0.1, -0.05) is 27.3 Å². The van der Waals surface area contributed by atoms with E-state index in [0.29, 0.717) is 21.8 Å². The van der Waals surface area contributed by atoms with Crippen LogP contribution in [-0.4, -0.2) is 28.7 Å². The van der Waals surface area contributed by atoms with Crippen molar-refractivity contribution in [3.63, 3.8) is 0 Å². The lowest BCUT2D eigenvalue weighted by Crippen LogP contribution is -2.40. The lowest BCUT2D eigenvalue weighted by molar-refractivity contribution is -0.402. The molecule has 35 heavy (non-hydrogen) atoms. The molecule has 0 unspecified atom stereocenters. The molecule has 0 fully saturated rings. The van der Waals surface area contributed by atoms with Gasteiger partial charge >= 0.3 is 11.9 Å². The van der Waals surface area contributed by atoms with Crippen LogP contribution in [0.1, 0.15) is 38.1 Å². The molecule has 0 spiro atoms. The lowest BCUT2D eigenvalue weighted by atomic mass is 9.95. The van der Waals surface area contributed by atoms with E-state index in [2.05, 4.69) is 20.9 Å². The third kappa shape index (κ3) is 4.71. The van der Waals surface area contributed by atoms with Gasteiger partial charge < -0.3 is 13.9 Å². The minimum Gasteiger partial charge on any atom is -0.496 e. The number of fused-ring (bicyclic) bond motifs is 1. The van der Waals surface area contributed by atoms with Crippen LogP contribution in [0.3, 0.4) is 0 Å². The maximum absolute atomic E-state index is 13.6. The number of furan rings is 1. The smallest absolute Gasteiger partial charge is 0.433 e. The average Bonchev–Trinajstić information content (AvgIpc) is 3.37. The molecule has 3 heterocycles. The Labute approximate surface area is 211 Å². The van der Waals surface area contributed by atoms with Crippen molar-refractivity contribution < 1.29 is 23.6 Å². The Kier molecular flexibility index (Phi) is 6.77. The number of carbonyl (C=O) groups is 1. The number of nitro groups is 1. The summed E-state index contributed by atoms with van der Waals surface area (Å²) in [7, 11) is 1.50. The Balaban J connectivity index is 1.98. The van der Waals surface area contributed by atoms with E-state index in [-0.39, 0.29) is 22.0 Å². The Morgan fingerprint density at radius 3 is 2.71 bits per heavy atom. The fourth-order valence-corrected chi connectivity index (χ4v) is 5.13. The molecule has 0 saturated heterocycles. The van der Waals surface area contributed by atoms with Crippen molar-refractivity contribution >= 4 is 45.2 Å². The molecule has 1 aliphatic rings. The number of nitrogens with zero attached hydrogens (tertiary/aromatic N) is 3. The number of carbonyl (C=O) groups excluding carboxylic acids is 1. The summed E-state index contributed by atoms with van der Waals surface area (Å²) in [4.78, 5) is 41.9. The molecule has 0 N–H and O–H groups in total. The summed E-state index contributed by atoms with van der Waals surface area (Å²) in [6, 6.07) is 7.04. The van der Waals surface area contributed by atoms with Gasteiger partial charge in [0.1, 0.15) is 22.5 Å². The highest BCUT2D eigenvalue weighted by Crippen LogP contribution is 2.37. The Morgan fingerprint density at radius 2 is 2.09 bits per heavy atom. The van der Waals surface area contributed by atoms with Crippen LogP contribution in [0.2, 0.25) is 0 Å². The maximum Gasteiger partial charge on any atom is 0.433 e. The molecule has 1 atom stereocenters. The third-order valence-electron chi connectivity index (χ3n) is 5.14. The van der Waals surface area contributed by atoms with E-state index >= 15 is 0 Å². The van der Waals surface area contributed by atoms with Gasteiger partial charge in [-0.2, -0.15) is 0 Å². The number of halogens is 1. The van der Waals surface area contributed by atoms with Crippen molar-refractivity contribution in [3.05, 3.63) is 87.2 Å². The van der Waals surface area contributed by atoms with Gasteiger partial charge in [-0.15, -0.1) is 0 Å². The van der Waals surface area contributed by atoms with Crippen LogP contribution < -0.4 is 19.6 Å². The molecule has 10 nitrogen and oxygen atoms in total. The third-order valence-corrected chi connectivity index (χ3v) is 6.61. The quantitative estimate of drug-likeness (QED) is 0.256. The van der Waals surface area contributed by atoms with Crippen molar-refractivity contribution in [2.24, 2.45) is 4.99 Å². The topological polar surface area (TPSA) is 126 Å². The van der Waals surface area contributed by atoms with Gasteiger partial charge in [0.05, 0.1) is 35.1 Å². The monoisotopic (exact) mass is 561 g/mol. The average molecular weight is 562 g/mol. The number of methoxy groups -OCH3 is 1. The first-order valence-electron chi connectivity index (χ1n) is 10.4. The second-order valence-corrected chi connectivity index (χ2v) is 9.78. The fourth-order valence-electron chi connectivity index (χ4n) is 3.72. The molecule has 0 bridgehead atoms. The van der Waals surface area contributed by atoms with Crippen LogP contribution in [0.25, 0.3) is 6.08 Å². The van der Waals surface area contributed by atoms with Crippen molar-refractivity contribution in [2.75, 3.05) is 7.11 Å². The molecule has 2 aromatic heterocycles. The summed E-state index contributed by atoms with van der Waals surface area (Å²) in [5.41, 5.74) is 0.738. The van der Waals surface area contributed by atoms with Gasteiger partial charge in [0, 0.05) is 16.1 Å². The Morgan fingerprint density at radius 1 is 1.34 bits per heavy atom. The molecule has 182 valence electrons. The Hall–Kier alpha value is -3.51. The standard InChI is InChI=1S/C23H20BrN3O7S/c1-11(2)33-22(29)19-12(3)25-23-26(20(19)15-9-13(24)5-7-16(15)32-4)21(28)17(35-23)10-14-6-8-18(34-14)27(30)31/h5-11,20H,1-4H3/b17-10-/t20-/m0/s1. The van der Waals surface area contributed by atoms with Crippen molar-refractivity contribution in [3.8, 4) is 5.75 Å². The molecule has 3 aromatic rings. The minimum atomic E-state index is -0.877. The Bertz CT molecular complexity index is 1550. The number of thiazole rings is 1. The lowest BCUT2D eigenvalue weighted by Gasteiger charge is -2.26. The van der Waals surface area contributed by atoms with Gasteiger partial charge in [0.25, 0.3) is 5.56 Å². The number of allylic oxidation sites excluding steroid dienone is 1. The van der Waals surface area contributed by atoms with Crippen LogP contribution in [0.4, 0.5) is 5.88 Å². The highest BCUT2D eigenvalue weighted by atomic mass is 79.9. The predicted octanol–water partition coefficient (Wildman–Crippen LogP) is 3.46. The molecular weight excluding hydrogens is 542 g/mol. The number of rotatable bonds is 6. The molecule has 12 heteroatoms. The molecule has 0 saturated carbocycles. The van der Waals surface area contributed by atoms with Crippen molar-refractivity contribution in [1.29, 1.82) is 0 Å². The van der Waals surface area contributed by atoms with E-state index in [4.69, 9.17) is 13.9 Å². The minimum absolute atomic E-state index is 0.147. The fraction of sp³-hybridized carbons (Fsp3) is 0.261. The molecule has 4 rings (SSSR count). The zero-order valence-corrected chi connectivity index (χ0v) is 21.5. The van der Waals surface area contributed by atoms with Gasteiger partial charge in [-0.25, -0.2) is 9.79 Å².